The Morgan fingerprint density at radius 1 is 1.38 bits per heavy atom. The summed E-state index contributed by atoms with van der Waals surface area (Å²) >= 11 is 1.76. The Balaban J connectivity index is 1.48. The lowest BCUT2D eigenvalue weighted by Gasteiger charge is -2.33. The van der Waals surface area contributed by atoms with E-state index in [0.29, 0.717) is 0 Å². The highest BCUT2D eigenvalue weighted by molar-refractivity contribution is 7.22. The van der Waals surface area contributed by atoms with Crippen molar-refractivity contribution in [1.82, 2.24) is 9.88 Å². The molecule has 0 spiro atoms. The molecule has 0 saturated carbocycles. The molecule has 2 aromatic rings. The van der Waals surface area contributed by atoms with Gasteiger partial charge in [-0.25, -0.2) is 4.98 Å². The van der Waals surface area contributed by atoms with Gasteiger partial charge >= 0.3 is 0 Å². The highest BCUT2D eigenvalue weighted by Crippen LogP contribution is 2.26. The van der Waals surface area contributed by atoms with Gasteiger partial charge in [-0.1, -0.05) is 23.8 Å². The Morgan fingerprint density at radius 2 is 2.29 bits per heavy atom. The molecule has 1 aliphatic rings. The van der Waals surface area contributed by atoms with Crippen LogP contribution in [0.15, 0.2) is 18.2 Å². The number of anilines is 1. The predicted octanol–water partition coefficient (Wildman–Crippen LogP) is 4.28. The summed E-state index contributed by atoms with van der Waals surface area (Å²) in [5, 5.41) is 4.55. The van der Waals surface area contributed by atoms with E-state index in [1.54, 1.807) is 11.3 Å². The number of nitrogens with zero attached hydrogens (tertiary/aromatic N) is 2. The predicted molar refractivity (Wildman–Crippen MR) is 92.3 cm³/mol. The van der Waals surface area contributed by atoms with Crippen LogP contribution < -0.4 is 5.32 Å². The number of aromatic nitrogens is 1. The molecule has 0 aliphatic carbocycles. The molecule has 4 heteroatoms. The van der Waals surface area contributed by atoms with Crippen molar-refractivity contribution in [3.8, 4) is 0 Å². The van der Waals surface area contributed by atoms with E-state index in [2.05, 4.69) is 47.2 Å². The number of thiazole rings is 1. The molecule has 1 aromatic heterocycles. The smallest absolute Gasteiger partial charge is 0.183 e. The van der Waals surface area contributed by atoms with E-state index >= 15 is 0 Å². The molecular weight excluding hydrogens is 278 g/mol. The first-order valence-electron chi connectivity index (χ1n) is 8.07. The first kappa shape index (κ1) is 14.8. The van der Waals surface area contributed by atoms with Crippen molar-refractivity contribution in [1.29, 1.82) is 0 Å². The van der Waals surface area contributed by atoms with Gasteiger partial charge in [-0.2, -0.15) is 0 Å². The van der Waals surface area contributed by atoms with Gasteiger partial charge in [-0.05, 0) is 57.4 Å². The van der Waals surface area contributed by atoms with Gasteiger partial charge in [0.15, 0.2) is 5.13 Å². The second kappa shape index (κ2) is 6.75. The maximum atomic E-state index is 4.65. The molecule has 2 heterocycles. The van der Waals surface area contributed by atoms with Crippen LogP contribution in [0.2, 0.25) is 0 Å². The van der Waals surface area contributed by atoms with E-state index in [-0.39, 0.29) is 0 Å². The minimum absolute atomic E-state index is 0.768. The summed E-state index contributed by atoms with van der Waals surface area (Å²) in [6.45, 7) is 8.00. The first-order valence-corrected chi connectivity index (χ1v) is 8.89. The summed E-state index contributed by atoms with van der Waals surface area (Å²) in [7, 11) is 0. The van der Waals surface area contributed by atoms with Crippen LogP contribution in [-0.2, 0) is 0 Å². The van der Waals surface area contributed by atoms with E-state index in [1.165, 1.54) is 49.0 Å². The normalized spacial score (nSPS) is 20.0. The third-order valence-corrected chi connectivity index (χ3v) is 5.36. The van der Waals surface area contributed by atoms with Gasteiger partial charge < -0.3 is 10.2 Å². The summed E-state index contributed by atoms with van der Waals surface area (Å²) in [6.07, 6.45) is 5.33. The van der Waals surface area contributed by atoms with E-state index in [4.69, 9.17) is 0 Å². The maximum Gasteiger partial charge on any atom is 0.183 e. The Bertz CT molecular complexity index is 593. The van der Waals surface area contributed by atoms with Gasteiger partial charge in [0.1, 0.15) is 0 Å². The van der Waals surface area contributed by atoms with Gasteiger partial charge in [-0.15, -0.1) is 0 Å². The monoisotopic (exact) mass is 303 g/mol. The molecule has 1 unspecified atom stereocenters. The fraction of sp³-hybridized carbons (Fsp3) is 0.588. The van der Waals surface area contributed by atoms with Crippen LogP contribution in [-0.4, -0.2) is 35.6 Å². The molecule has 0 bridgehead atoms. The van der Waals surface area contributed by atoms with E-state index < -0.39 is 0 Å². The number of benzene rings is 1. The van der Waals surface area contributed by atoms with Crippen molar-refractivity contribution >= 4 is 26.7 Å². The summed E-state index contributed by atoms with van der Waals surface area (Å²) < 4.78 is 1.28. The lowest BCUT2D eigenvalue weighted by Crippen LogP contribution is -2.38. The van der Waals surface area contributed by atoms with Crippen LogP contribution in [0, 0.1) is 6.92 Å². The zero-order valence-electron chi connectivity index (χ0n) is 13.1. The lowest BCUT2D eigenvalue weighted by atomic mass is 10.0. The van der Waals surface area contributed by atoms with Crippen molar-refractivity contribution in [2.24, 2.45) is 0 Å². The number of piperidine rings is 1. The molecule has 1 fully saturated rings. The second-order valence-corrected chi connectivity index (χ2v) is 7.18. The van der Waals surface area contributed by atoms with E-state index in [9.17, 15) is 0 Å². The number of fused-ring (bicyclic) bond motifs is 1. The van der Waals surface area contributed by atoms with Crippen LogP contribution in [0.25, 0.3) is 10.2 Å². The first-order chi connectivity index (χ1) is 10.2. The topological polar surface area (TPSA) is 28.2 Å². The average Bonchev–Trinajstić information content (AvgIpc) is 2.87. The zero-order chi connectivity index (χ0) is 14.7. The Hall–Kier alpha value is -1.13. The van der Waals surface area contributed by atoms with E-state index in [0.717, 1.165) is 23.2 Å². The molecule has 1 N–H and O–H groups in total. The van der Waals surface area contributed by atoms with Crippen LogP contribution >= 0.6 is 11.3 Å². The highest BCUT2D eigenvalue weighted by atomic mass is 32.1. The van der Waals surface area contributed by atoms with Crippen LogP contribution in [0.1, 0.15) is 38.2 Å². The molecule has 21 heavy (non-hydrogen) atoms. The number of hydrogen-bond donors (Lipinski definition) is 1. The molecule has 3 rings (SSSR count). The molecule has 114 valence electrons. The Kier molecular flexibility index (Phi) is 4.76. The minimum Gasteiger partial charge on any atom is -0.361 e. The highest BCUT2D eigenvalue weighted by Gasteiger charge is 2.17. The fourth-order valence-electron chi connectivity index (χ4n) is 3.07. The molecule has 0 amide bonds. The van der Waals surface area contributed by atoms with Crippen LogP contribution in [0.4, 0.5) is 5.13 Å². The quantitative estimate of drug-likeness (QED) is 0.836. The van der Waals surface area contributed by atoms with Gasteiger partial charge in [-0.3, -0.25) is 0 Å². The van der Waals surface area contributed by atoms with Crippen molar-refractivity contribution in [2.45, 2.75) is 45.6 Å². The number of rotatable bonds is 5. The third kappa shape index (κ3) is 3.74. The van der Waals surface area contributed by atoms with Gasteiger partial charge in [0, 0.05) is 19.1 Å². The number of hydrogen-bond acceptors (Lipinski definition) is 4. The maximum absolute atomic E-state index is 4.65. The summed E-state index contributed by atoms with van der Waals surface area (Å²) in [4.78, 5) is 7.28. The van der Waals surface area contributed by atoms with Crippen LogP contribution in [0.5, 0.6) is 0 Å². The second-order valence-electron chi connectivity index (χ2n) is 6.15. The zero-order valence-corrected chi connectivity index (χ0v) is 13.9. The Morgan fingerprint density at radius 3 is 3.14 bits per heavy atom. The largest absolute Gasteiger partial charge is 0.361 e. The number of aryl methyl sites for hydroxylation is 1. The summed E-state index contributed by atoms with van der Waals surface area (Å²) in [5.41, 5.74) is 2.41. The van der Waals surface area contributed by atoms with Gasteiger partial charge in [0.2, 0.25) is 0 Å². The van der Waals surface area contributed by atoms with Gasteiger partial charge in [0.25, 0.3) is 0 Å². The number of likely N-dealkylation sites (tertiary alicyclic amines) is 1. The molecular formula is C17H25N3S. The van der Waals surface area contributed by atoms with Crippen molar-refractivity contribution in [3.63, 3.8) is 0 Å². The SMILES string of the molecule is Cc1ccc2nc(NCCCN3CCCCC3C)sc2c1. The molecule has 1 saturated heterocycles. The van der Waals surface area contributed by atoms with Crippen molar-refractivity contribution < 1.29 is 0 Å². The van der Waals surface area contributed by atoms with Crippen molar-refractivity contribution in [2.75, 3.05) is 25.0 Å². The third-order valence-electron chi connectivity index (χ3n) is 4.38. The number of nitrogens with one attached hydrogen (secondary N) is 1. The standard InChI is InChI=1S/C17H25N3S/c1-13-7-8-15-16(12-13)21-17(19-15)18-9-5-11-20-10-4-3-6-14(20)2/h7-8,12,14H,3-6,9-11H2,1-2H3,(H,18,19). The van der Waals surface area contributed by atoms with Gasteiger partial charge in [0.05, 0.1) is 10.2 Å². The molecule has 0 radical (unpaired) electrons. The summed E-state index contributed by atoms with van der Waals surface area (Å²) in [6, 6.07) is 7.23. The Labute approximate surface area is 131 Å². The molecule has 3 nitrogen and oxygen atoms in total. The fourth-order valence-corrected chi connectivity index (χ4v) is 4.06. The lowest BCUT2D eigenvalue weighted by molar-refractivity contribution is 0.160. The molecule has 1 aliphatic heterocycles. The molecule has 1 aromatic carbocycles. The molecule has 1 atom stereocenters. The minimum atomic E-state index is 0.768. The van der Waals surface area contributed by atoms with Crippen molar-refractivity contribution in [3.05, 3.63) is 23.8 Å². The summed E-state index contributed by atoms with van der Waals surface area (Å²) in [5.74, 6) is 0. The average molecular weight is 303 g/mol. The van der Waals surface area contributed by atoms with Crippen LogP contribution in [0.3, 0.4) is 0 Å². The van der Waals surface area contributed by atoms with E-state index in [1.807, 2.05) is 0 Å².